The number of benzene rings is 4. The molecule has 0 saturated heterocycles. The summed E-state index contributed by atoms with van der Waals surface area (Å²) in [7, 11) is -3.55. The van der Waals surface area contributed by atoms with Crippen LogP contribution in [0.2, 0.25) is 0 Å². The number of amides is 2. The minimum atomic E-state index is -3.55. The number of carbonyl (C=O) groups excluding carboxylic acids is 3. The van der Waals surface area contributed by atoms with Gasteiger partial charge in [0.05, 0.1) is 30.8 Å². The van der Waals surface area contributed by atoms with Crippen molar-refractivity contribution in [3.8, 4) is 5.75 Å². The lowest BCUT2D eigenvalue weighted by molar-refractivity contribution is -0.168. The van der Waals surface area contributed by atoms with E-state index in [0.717, 1.165) is 53.0 Å². The topological polar surface area (TPSA) is 133 Å². The van der Waals surface area contributed by atoms with E-state index in [1.165, 1.54) is 6.66 Å². The van der Waals surface area contributed by atoms with Crippen molar-refractivity contribution in [1.29, 1.82) is 0 Å². The Bertz CT molecular complexity index is 2100. The Morgan fingerprint density at radius 3 is 2.17 bits per heavy atom. The molecule has 4 aromatic carbocycles. The van der Waals surface area contributed by atoms with Gasteiger partial charge in [0.15, 0.2) is 0 Å². The molecule has 0 aliphatic carbocycles. The van der Waals surface area contributed by atoms with E-state index in [0.29, 0.717) is 35.0 Å². The Labute approximate surface area is 357 Å². The lowest BCUT2D eigenvalue weighted by Gasteiger charge is -2.30. The van der Waals surface area contributed by atoms with Gasteiger partial charge in [-0.1, -0.05) is 102 Å². The summed E-state index contributed by atoms with van der Waals surface area (Å²) >= 11 is 0. The number of nitrogens with zero attached hydrogens (tertiary/aromatic N) is 1. The molecule has 0 fully saturated rings. The zero-order valence-electron chi connectivity index (χ0n) is 37.1. The highest BCUT2D eigenvalue weighted by atomic mass is 31.2. The molecule has 60 heavy (non-hydrogen) atoms. The minimum absolute atomic E-state index is 0.0469. The van der Waals surface area contributed by atoms with Crippen molar-refractivity contribution >= 4 is 42.6 Å². The molecule has 12 heteroatoms. The normalized spacial score (nSPS) is 12.9. The molecule has 2 atom stereocenters. The molecule has 0 aliphatic rings. The fourth-order valence-corrected chi connectivity index (χ4v) is 8.32. The number of carbonyl (C=O) groups is 3. The van der Waals surface area contributed by atoms with Crippen molar-refractivity contribution < 1.29 is 37.5 Å². The van der Waals surface area contributed by atoms with Crippen LogP contribution in [-0.4, -0.2) is 44.5 Å². The maximum atomic E-state index is 13.5. The second-order valence-corrected chi connectivity index (χ2v) is 18.6. The molecule has 0 spiro atoms. The van der Waals surface area contributed by atoms with Crippen LogP contribution in [0.15, 0.2) is 84.9 Å². The van der Waals surface area contributed by atoms with Gasteiger partial charge in [0, 0.05) is 36.4 Å². The van der Waals surface area contributed by atoms with Crippen LogP contribution in [0.5, 0.6) is 5.75 Å². The summed E-state index contributed by atoms with van der Waals surface area (Å²) in [6.45, 7) is 20.7. The van der Waals surface area contributed by atoms with Crippen LogP contribution < -0.4 is 20.1 Å². The molecule has 0 bridgehead atoms. The van der Waals surface area contributed by atoms with Crippen LogP contribution in [-0.2, 0) is 40.2 Å². The molecule has 2 N–H and O–H groups in total. The second kappa shape index (κ2) is 21.9. The predicted octanol–water partition coefficient (Wildman–Crippen LogP) is 11.8. The highest BCUT2D eigenvalue weighted by Crippen LogP contribution is 2.49. The largest absolute Gasteiger partial charge is 0.428 e. The highest BCUT2D eigenvalue weighted by Gasteiger charge is 2.33. The van der Waals surface area contributed by atoms with Gasteiger partial charge < -0.3 is 29.5 Å². The average molecular weight is 842 g/mol. The van der Waals surface area contributed by atoms with Crippen molar-refractivity contribution in [2.45, 2.75) is 106 Å². The van der Waals surface area contributed by atoms with Gasteiger partial charge in [-0.3, -0.25) is 14.1 Å². The monoisotopic (exact) mass is 841 g/mol. The van der Waals surface area contributed by atoms with Crippen LogP contribution in [0.1, 0.15) is 107 Å². The first-order valence-electron chi connectivity index (χ1n) is 20.8. The minimum Gasteiger partial charge on any atom is -0.428 e. The number of nitrogens with one attached hydrogen (secondary N) is 2. The van der Waals surface area contributed by atoms with Crippen molar-refractivity contribution in [3.63, 3.8) is 0 Å². The maximum absolute atomic E-state index is 13.5. The van der Waals surface area contributed by atoms with E-state index in [1.807, 2.05) is 120 Å². The van der Waals surface area contributed by atoms with E-state index in [1.54, 1.807) is 6.07 Å². The lowest BCUT2D eigenvalue weighted by Crippen LogP contribution is -2.30. The van der Waals surface area contributed by atoms with Gasteiger partial charge in [0.2, 0.25) is 6.79 Å². The van der Waals surface area contributed by atoms with Crippen molar-refractivity contribution in [2.24, 2.45) is 5.92 Å². The highest BCUT2D eigenvalue weighted by molar-refractivity contribution is 7.53. The first kappa shape index (κ1) is 47.6. The third-order valence-electron chi connectivity index (χ3n) is 10.1. The van der Waals surface area contributed by atoms with Gasteiger partial charge in [0.25, 0.3) is 0 Å². The van der Waals surface area contributed by atoms with Gasteiger partial charge >= 0.3 is 25.6 Å². The Morgan fingerprint density at radius 2 is 1.52 bits per heavy atom. The average Bonchev–Trinajstić information content (AvgIpc) is 3.16. The molecule has 4 rings (SSSR count). The summed E-state index contributed by atoms with van der Waals surface area (Å²) in [5.41, 5.74) is 6.72. The standard InChI is InChI=1S/C48H64N3O8P/c1-11-24-51(30-33(3)4)42-23-20-39(27-41(42)50-47(54)49-40-21-18-34(5)19-22-40)38(12-2)28-44(52)56-32-57-45(53)29-48(8,9)46-36(7)25-35(6)26-43(46)59-60(10,55)58-31-37-16-14-13-15-17-37/h13-23,25-27,33,38H,11-12,24,28-32H2,1-10H3,(H2,49,50,54)/t38-,60?/m0/s1. The zero-order valence-corrected chi connectivity index (χ0v) is 37.9. The van der Waals surface area contributed by atoms with E-state index in [9.17, 15) is 18.9 Å². The fraction of sp³-hybridized carbons (Fsp3) is 0.438. The summed E-state index contributed by atoms with van der Waals surface area (Å²) in [4.78, 5) is 42.0. The molecule has 0 aliphatic heterocycles. The molecular formula is C48H64N3O8P. The van der Waals surface area contributed by atoms with Gasteiger partial charge in [-0.2, -0.15) is 0 Å². The Morgan fingerprint density at radius 1 is 0.833 bits per heavy atom. The van der Waals surface area contributed by atoms with Gasteiger partial charge in [-0.05, 0) is 98.0 Å². The van der Waals surface area contributed by atoms with Crippen molar-refractivity contribution in [1.82, 2.24) is 0 Å². The van der Waals surface area contributed by atoms with E-state index in [2.05, 4.69) is 36.3 Å². The molecule has 11 nitrogen and oxygen atoms in total. The van der Waals surface area contributed by atoms with Crippen molar-refractivity contribution in [3.05, 3.63) is 118 Å². The molecular weight excluding hydrogens is 778 g/mol. The van der Waals surface area contributed by atoms with Crippen LogP contribution in [0.4, 0.5) is 21.9 Å². The predicted molar refractivity (Wildman–Crippen MR) is 241 cm³/mol. The Hall–Kier alpha value is -5.12. The SMILES string of the molecule is CCCN(CC(C)C)c1ccc([C@@H](CC)CC(=O)OCOC(=O)CC(C)(C)c2c(C)cc(C)cc2OP(C)(=O)OCc2ccccc2)cc1NC(=O)Nc1ccc(C)cc1. The van der Waals surface area contributed by atoms with E-state index in [-0.39, 0.29) is 31.4 Å². The van der Waals surface area contributed by atoms with Crippen molar-refractivity contribution in [2.75, 3.05) is 42.1 Å². The molecule has 4 aromatic rings. The number of ether oxygens (including phenoxy) is 2. The molecule has 0 saturated carbocycles. The molecule has 2 amide bonds. The van der Waals surface area contributed by atoms with Crippen LogP contribution >= 0.6 is 7.60 Å². The summed E-state index contributed by atoms with van der Waals surface area (Å²) in [6.07, 6.45) is 1.55. The van der Waals surface area contributed by atoms with Gasteiger partial charge in [-0.15, -0.1) is 0 Å². The Kier molecular flexibility index (Phi) is 17.4. The first-order chi connectivity index (χ1) is 28.4. The smallest absolute Gasteiger partial charge is 0.376 e. The fourth-order valence-electron chi connectivity index (χ4n) is 7.38. The summed E-state index contributed by atoms with van der Waals surface area (Å²) in [5, 5.41) is 6.00. The molecule has 0 radical (unpaired) electrons. The number of urea groups is 1. The maximum Gasteiger partial charge on any atom is 0.376 e. The summed E-state index contributed by atoms with van der Waals surface area (Å²) < 4.78 is 36.2. The molecule has 1 unspecified atom stereocenters. The molecule has 0 heterocycles. The van der Waals surface area contributed by atoms with E-state index < -0.39 is 31.7 Å². The number of hydrogen-bond acceptors (Lipinski definition) is 9. The number of hydrogen-bond donors (Lipinski definition) is 2. The molecule has 324 valence electrons. The van der Waals surface area contributed by atoms with Crippen LogP contribution in [0, 0.1) is 26.7 Å². The lowest BCUT2D eigenvalue weighted by atomic mass is 9.78. The Balaban J connectivity index is 1.41. The first-order valence-corrected chi connectivity index (χ1v) is 22.8. The quantitative estimate of drug-likeness (QED) is 0.0478. The molecule has 0 aromatic heterocycles. The van der Waals surface area contributed by atoms with Crippen LogP contribution in [0.3, 0.4) is 0 Å². The zero-order chi connectivity index (χ0) is 44.0. The summed E-state index contributed by atoms with van der Waals surface area (Å²) in [5.74, 6) is -0.539. The second-order valence-electron chi connectivity index (χ2n) is 16.7. The van der Waals surface area contributed by atoms with Gasteiger partial charge in [0.1, 0.15) is 5.75 Å². The van der Waals surface area contributed by atoms with E-state index in [4.69, 9.17) is 18.5 Å². The van der Waals surface area contributed by atoms with Gasteiger partial charge in [-0.25, -0.2) is 9.36 Å². The number of rotatable bonds is 21. The number of aryl methyl sites for hydroxylation is 3. The van der Waals surface area contributed by atoms with Crippen LogP contribution in [0.25, 0.3) is 0 Å². The number of esters is 2. The number of anilines is 3. The summed E-state index contributed by atoms with van der Waals surface area (Å²) in [6, 6.07) is 26.4. The van der Waals surface area contributed by atoms with E-state index >= 15 is 0 Å². The third-order valence-corrected chi connectivity index (χ3v) is 11.2. The third kappa shape index (κ3) is 14.6.